The van der Waals surface area contributed by atoms with Crippen molar-refractivity contribution in [2.75, 3.05) is 5.73 Å². The van der Waals surface area contributed by atoms with E-state index in [1.54, 1.807) is 18.6 Å². The number of ether oxygens (including phenoxy) is 1. The first kappa shape index (κ1) is 21.1. The van der Waals surface area contributed by atoms with Crippen LogP contribution >= 0.6 is 0 Å². The Kier molecular flexibility index (Phi) is 5.80. The van der Waals surface area contributed by atoms with Crippen LogP contribution in [0.15, 0.2) is 55.0 Å². The highest BCUT2D eigenvalue weighted by molar-refractivity contribution is 5.99. The van der Waals surface area contributed by atoms with Crippen LogP contribution in [0, 0.1) is 0 Å². The average molecular weight is 418 g/mol. The van der Waals surface area contributed by atoms with Crippen LogP contribution in [0.1, 0.15) is 54.4 Å². The van der Waals surface area contributed by atoms with Gasteiger partial charge in [-0.3, -0.25) is 9.78 Å². The smallest absolute Gasteiger partial charge is 0.189 e. The van der Waals surface area contributed by atoms with E-state index in [0.717, 1.165) is 23.1 Å². The predicted octanol–water partition coefficient (Wildman–Crippen LogP) is 3.50. The fraction of sp³-hybridized carbons (Fsp3) is 0.333. The zero-order valence-electron chi connectivity index (χ0n) is 17.8. The first-order chi connectivity index (χ1) is 14.8. The van der Waals surface area contributed by atoms with Gasteiger partial charge in [0.25, 0.3) is 0 Å². The summed E-state index contributed by atoms with van der Waals surface area (Å²) in [5.41, 5.74) is 15.3. The van der Waals surface area contributed by atoms with Crippen molar-refractivity contribution >= 4 is 11.6 Å². The Bertz CT molecular complexity index is 1080. The second-order valence-corrected chi connectivity index (χ2v) is 8.60. The summed E-state index contributed by atoms with van der Waals surface area (Å²) in [4.78, 5) is 26.1. The number of ketones is 1. The van der Waals surface area contributed by atoms with Crippen molar-refractivity contribution in [2.24, 2.45) is 5.73 Å². The van der Waals surface area contributed by atoms with Gasteiger partial charge in [-0.1, -0.05) is 30.3 Å². The maximum Gasteiger partial charge on any atom is 0.189 e. The van der Waals surface area contributed by atoms with E-state index >= 15 is 0 Å². The molecule has 7 nitrogen and oxygen atoms in total. The van der Waals surface area contributed by atoms with Gasteiger partial charge in [-0.25, -0.2) is 9.97 Å². The van der Waals surface area contributed by atoms with Crippen molar-refractivity contribution < 1.29 is 9.53 Å². The molecule has 1 aliphatic heterocycles. The number of aromatic nitrogens is 3. The number of benzene rings is 1. The average Bonchev–Trinajstić information content (AvgIpc) is 2.73. The summed E-state index contributed by atoms with van der Waals surface area (Å²) in [6.45, 7) is 4.08. The van der Waals surface area contributed by atoms with Gasteiger partial charge in [0.2, 0.25) is 0 Å². The lowest BCUT2D eigenvalue weighted by Gasteiger charge is -2.40. The second kappa shape index (κ2) is 8.53. The van der Waals surface area contributed by atoms with Gasteiger partial charge in [0.05, 0.1) is 23.6 Å². The standard InChI is InChI=1S/C24H27N5O2/c1-24(2)12-17(25)11-21(31-24)18-8-9-27-13-16(18)10-20(30)22-23(26)28-14-19(29-22)15-6-4-3-5-7-15/h3-9,13-14,17,21H,10-12,25H2,1-2H3,(H2,26,28)/t17-,21+/m1/s1. The number of nitrogens with two attached hydrogens (primary N) is 2. The molecule has 0 saturated carbocycles. The van der Waals surface area contributed by atoms with Crippen molar-refractivity contribution in [3.8, 4) is 11.3 Å². The fourth-order valence-electron chi connectivity index (χ4n) is 4.17. The molecule has 0 bridgehead atoms. The molecule has 4 rings (SSSR count). The molecule has 0 spiro atoms. The molecule has 3 heterocycles. The highest BCUT2D eigenvalue weighted by Crippen LogP contribution is 2.37. The molecule has 7 heteroatoms. The molecular formula is C24H27N5O2. The van der Waals surface area contributed by atoms with Gasteiger partial charge < -0.3 is 16.2 Å². The van der Waals surface area contributed by atoms with Gasteiger partial charge in [-0.2, -0.15) is 0 Å². The van der Waals surface area contributed by atoms with Gasteiger partial charge in [0.15, 0.2) is 11.6 Å². The fourth-order valence-corrected chi connectivity index (χ4v) is 4.17. The molecule has 2 aromatic heterocycles. The first-order valence-electron chi connectivity index (χ1n) is 10.4. The Hall–Kier alpha value is -3.16. The summed E-state index contributed by atoms with van der Waals surface area (Å²) in [5.74, 6) is -0.0939. The molecule has 160 valence electrons. The molecule has 4 N–H and O–H groups in total. The Balaban J connectivity index is 1.62. The minimum Gasteiger partial charge on any atom is -0.382 e. The van der Waals surface area contributed by atoms with Crippen LogP contribution in [-0.4, -0.2) is 32.4 Å². The highest BCUT2D eigenvalue weighted by Gasteiger charge is 2.35. The summed E-state index contributed by atoms with van der Waals surface area (Å²) in [6, 6.07) is 11.5. The van der Waals surface area contributed by atoms with E-state index in [-0.39, 0.29) is 41.5 Å². The third-order valence-corrected chi connectivity index (χ3v) is 5.51. The topological polar surface area (TPSA) is 117 Å². The number of pyridine rings is 1. The van der Waals surface area contributed by atoms with Crippen LogP contribution in [0.3, 0.4) is 0 Å². The summed E-state index contributed by atoms with van der Waals surface area (Å²) in [7, 11) is 0. The van der Waals surface area contributed by atoms with Crippen molar-refractivity contribution in [2.45, 2.75) is 50.9 Å². The molecule has 0 radical (unpaired) electrons. The van der Waals surface area contributed by atoms with Crippen molar-refractivity contribution in [3.05, 3.63) is 71.8 Å². The first-order valence-corrected chi connectivity index (χ1v) is 10.4. The highest BCUT2D eigenvalue weighted by atomic mass is 16.5. The van der Waals surface area contributed by atoms with Gasteiger partial charge in [0.1, 0.15) is 5.69 Å². The zero-order chi connectivity index (χ0) is 22.0. The van der Waals surface area contributed by atoms with Gasteiger partial charge in [-0.15, -0.1) is 0 Å². The van der Waals surface area contributed by atoms with E-state index < -0.39 is 0 Å². The number of Topliss-reactive ketones (excluding diaryl/α,β-unsaturated/α-hetero) is 1. The number of nitrogens with zero attached hydrogens (tertiary/aromatic N) is 3. The van der Waals surface area contributed by atoms with Crippen molar-refractivity contribution in [1.82, 2.24) is 15.0 Å². The Morgan fingerprint density at radius 2 is 1.97 bits per heavy atom. The summed E-state index contributed by atoms with van der Waals surface area (Å²) >= 11 is 0. The largest absolute Gasteiger partial charge is 0.382 e. The number of hydrogen-bond donors (Lipinski definition) is 2. The van der Waals surface area contributed by atoms with Gasteiger partial charge >= 0.3 is 0 Å². The Labute approximate surface area is 181 Å². The van der Waals surface area contributed by atoms with Crippen LogP contribution in [0.5, 0.6) is 0 Å². The van der Waals surface area contributed by atoms with Crippen LogP contribution in [0.4, 0.5) is 5.82 Å². The molecule has 1 fully saturated rings. The van der Waals surface area contributed by atoms with E-state index in [2.05, 4.69) is 15.0 Å². The lowest BCUT2D eigenvalue weighted by Crippen LogP contribution is -2.42. The molecule has 1 aliphatic rings. The Morgan fingerprint density at radius 3 is 2.71 bits per heavy atom. The normalized spacial score (nSPS) is 20.4. The van der Waals surface area contributed by atoms with Crippen LogP contribution in [0.25, 0.3) is 11.3 Å². The number of nitrogen functional groups attached to an aromatic ring is 1. The van der Waals surface area contributed by atoms with E-state index in [0.29, 0.717) is 12.1 Å². The Morgan fingerprint density at radius 1 is 1.19 bits per heavy atom. The summed E-state index contributed by atoms with van der Waals surface area (Å²) < 4.78 is 6.29. The van der Waals surface area contributed by atoms with E-state index in [4.69, 9.17) is 16.2 Å². The number of hydrogen-bond acceptors (Lipinski definition) is 7. The molecule has 2 atom stereocenters. The molecule has 0 amide bonds. The predicted molar refractivity (Wildman–Crippen MR) is 119 cm³/mol. The van der Waals surface area contributed by atoms with Crippen molar-refractivity contribution in [3.63, 3.8) is 0 Å². The number of anilines is 1. The quantitative estimate of drug-likeness (QED) is 0.610. The molecule has 31 heavy (non-hydrogen) atoms. The SMILES string of the molecule is CC1(C)C[C@H](N)C[C@@H](c2ccncc2CC(=O)c2nc(-c3ccccc3)cnc2N)O1. The van der Waals surface area contributed by atoms with Crippen LogP contribution in [0.2, 0.25) is 0 Å². The second-order valence-electron chi connectivity index (χ2n) is 8.60. The van der Waals surface area contributed by atoms with Crippen LogP contribution in [-0.2, 0) is 11.2 Å². The van der Waals surface area contributed by atoms with Crippen LogP contribution < -0.4 is 11.5 Å². The minimum absolute atomic E-state index is 0.0366. The zero-order valence-corrected chi connectivity index (χ0v) is 17.8. The number of carbonyl (C=O) groups excluding carboxylic acids is 1. The number of rotatable bonds is 5. The lowest BCUT2D eigenvalue weighted by molar-refractivity contribution is -0.115. The van der Waals surface area contributed by atoms with Crippen molar-refractivity contribution in [1.29, 1.82) is 0 Å². The molecule has 0 unspecified atom stereocenters. The molecule has 1 saturated heterocycles. The molecule has 1 aromatic carbocycles. The molecule has 0 aliphatic carbocycles. The lowest BCUT2D eigenvalue weighted by atomic mass is 9.87. The van der Waals surface area contributed by atoms with E-state index in [9.17, 15) is 4.79 Å². The van der Waals surface area contributed by atoms with Gasteiger partial charge in [0, 0.05) is 30.4 Å². The maximum absolute atomic E-state index is 13.2. The summed E-state index contributed by atoms with van der Waals surface area (Å²) in [6.07, 6.45) is 6.40. The number of carbonyl (C=O) groups is 1. The van der Waals surface area contributed by atoms with Gasteiger partial charge in [-0.05, 0) is 43.9 Å². The van der Waals surface area contributed by atoms with E-state index in [1.165, 1.54) is 0 Å². The molecule has 3 aromatic rings. The monoisotopic (exact) mass is 417 g/mol. The third kappa shape index (κ3) is 4.78. The third-order valence-electron chi connectivity index (χ3n) is 5.51. The maximum atomic E-state index is 13.2. The molecular weight excluding hydrogens is 390 g/mol. The minimum atomic E-state index is -0.327. The summed E-state index contributed by atoms with van der Waals surface area (Å²) in [5, 5.41) is 0. The van der Waals surface area contributed by atoms with E-state index in [1.807, 2.05) is 50.2 Å².